The Labute approximate surface area is 175 Å². The average Bonchev–Trinajstić information content (AvgIpc) is 3.05. The third-order valence-electron chi connectivity index (χ3n) is 5.27. The maximum absolute atomic E-state index is 12.9. The van der Waals surface area contributed by atoms with Gasteiger partial charge >= 0.3 is 0 Å². The second kappa shape index (κ2) is 9.03. The molecule has 156 valence electrons. The molecule has 1 aromatic heterocycles. The number of aryl methyl sites for hydroxylation is 1. The van der Waals surface area contributed by atoms with E-state index in [0.717, 1.165) is 25.9 Å². The van der Waals surface area contributed by atoms with Gasteiger partial charge in [-0.25, -0.2) is 0 Å². The van der Waals surface area contributed by atoms with Crippen molar-refractivity contribution in [2.45, 2.75) is 32.6 Å². The molecule has 2 aromatic carbocycles. The summed E-state index contributed by atoms with van der Waals surface area (Å²) in [5, 5.41) is 0.401. The summed E-state index contributed by atoms with van der Waals surface area (Å²) in [4.78, 5) is 27.2. The van der Waals surface area contributed by atoms with Crippen LogP contribution in [0.4, 0.5) is 0 Å². The Balaban J connectivity index is 1.51. The van der Waals surface area contributed by atoms with Gasteiger partial charge in [0.25, 0.3) is 5.91 Å². The number of carbonyl (C=O) groups excluding carboxylic acids is 1. The highest BCUT2D eigenvalue weighted by Gasteiger charge is 2.17. The summed E-state index contributed by atoms with van der Waals surface area (Å²) in [6.45, 7) is 3.25. The van der Waals surface area contributed by atoms with Crippen LogP contribution >= 0.6 is 0 Å². The first-order chi connectivity index (χ1) is 14.6. The summed E-state index contributed by atoms with van der Waals surface area (Å²) >= 11 is 0. The molecule has 1 saturated heterocycles. The van der Waals surface area contributed by atoms with Crippen molar-refractivity contribution in [3.63, 3.8) is 0 Å². The van der Waals surface area contributed by atoms with E-state index in [4.69, 9.17) is 13.9 Å². The van der Waals surface area contributed by atoms with Gasteiger partial charge in [0.1, 0.15) is 22.8 Å². The zero-order valence-corrected chi connectivity index (χ0v) is 17.1. The normalized spacial score (nSPS) is 14.4. The highest BCUT2D eigenvalue weighted by Crippen LogP contribution is 2.27. The molecule has 3 aromatic rings. The van der Waals surface area contributed by atoms with Gasteiger partial charge in [-0.1, -0.05) is 31.0 Å². The van der Waals surface area contributed by atoms with Crippen LogP contribution in [-0.4, -0.2) is 30.5 Å². The first kappa shape index (κ1) is 20.0. The van der Waals surface area contributed by atoms with Gasteiger partial charge in [0, 0.05) is 19.2 Å². The van der Waals surface area contributed by atoms with Gasteiger partial charge in [-0.2, -0.15) is 0 Å². The van der Waals surface area contributed by atoms with Crippen LogP contribution in [0, 0.1) is 6.92 Å². The monoisotopic (exact) mass is 407 g/mol. The minimum Gasteiger partial charge on any atom is -0.484 e. The molecule has 0 N–H and O–H groups in total. The molecule has 30 heavy (non-hydrogen) atoms. The van der Waals surface area contributed by atoms with Gasteiger partial charge in [-0.15, -0.1) is 0 Å². The summed E-state index contributed by atoms with van der Waals surface area (Å²) < 4.78 is 17.3. The quantitative estimate of drug-likeness (QED) is 0.614. The van der Waals surface area contributed by atoms with Crippen LogP contribution in [0.25, 0.3) is 11.0 Å². The van der Waals surface area contributed by atoms with E-state index in [0.29, 0.717) is 28.2 Å². The van der Waals surface area contributed by atoms with E-state index in [2.05, 4.69) is 0 Å². The number of fused-ring (bicyclic) bond motifs is 1. The fourth-order valence-electron chi connectivity index (χ4n) is 3.64. The summed E-state index contributed by atoms with van der Waals surface area (Å²) in [5.74, 6) is 1.60. The first-order valence-electron chi connectivity index (χ1n) is 10.3. The number of nitrogens with zero attached hydrogens (tertiary/aromatic N) is 1. The van der Waals surface area contributed by atoms with E-state index >= 15 is 0 Å². The van der Waals surface area contributed by atoms with E-state index in [1.807, 2.05) is 23.1 Å². The highest BCUT2D eigenvalue weighted by molar-refractivity contribution is 5.80. The Morgan fingerprint density at radius 3 is 2.47 bits per heavy atom. The number of likely N-dealkylation sites (tertiary alicyclic amines) is 1. The Kier molecular flexibility index (Phi) is 6.02. The number of hydrogen-bond acceptors (Lipinski definition) is 5. The van der Waals surface area contributed by atoms with Gasteiger partial charge in [0.05, 0.1) is 5.39 Å². The van der Waals surface area contributed by atoms with E-state index in [1.165, 1.54) is 12.8 Å². The van der Waals surface area contributed by atoms with Crippen LogP contribution in [0.1, 0.15) is 31.4 Å². The molecule has 0 saturated carbocycles. The SMILES string of the molecule is Cc1oc2cc(OCC(=O)N3CCCCCC3)ccc2c(=O)c1Oc1ccccc1. The zero-order chi connectivity index (χ0) is 20.9. The maximum atomic E-state index is 12.9. The molecule has 0 atom stereocenters. The molecule has 2 heterocycles. The summed E-state index contributed by atoms with van der Waals surface area (Å²) in [7, 11) is 0. The Morgan fingerprint density at radius 2 is 1.73 bits per heavy atom. The van der Waals surface area contributed by atoms with Crippen molar-refractivity contribution >= 4 is 16.9 Å². The molecule has 0 bridgehead atoms. The molecule has 1 aliphatic heterocycles. The van der Waals surface area contributed by atoms with E-state index in [1.54, 1.807) is 37.3 Å². The van der Waals surface area contributed by atoms with Gasteiger partial charge in [0.2, 0.25) is 11.2 Å². The lowest BCUT2D eigenvalue weighted by atomic mass is 10.2. The van der Waals surface area contributed by atoms with Crippen molar-refractivity contribution in [3.05, 3.63) is 64.5 Å². The van der Waals surface area contributed by atoms with E-state index in [9.17, 15) is 9.59 Å². The van der Waals surface area contributed by atoms with E-state index < -0.39 is 0 Å². The molecule has 0 spiro atoms. The van der Waals surface area contributed by atoms with Crippen LogP contribution in [-0.2, 0) is 4.79 Å². The number of rotatable bonds is 5. The lowest BCUT2D eigenvalue weighted by molar-refractivity contribution is -0.133. The molecule has 0 radical (unpaired) electrons. The lowest BCUT2D eigenvalue weighted by Crippen LogP contribution is -2.35. The maximum Gasteiger partial charge on any atom is 0.260 e. The number of amides is 1. The van der Waals surface area contributed by atoms with Crippen LogP contribution in [0.3, 0.4) is 0 Å². The standard InChI is InChI=1S/C24H25NO5/c1-17-24(30-18-9-5-4-6-10-18)23(27)20-12-11-19(15-21(20)29-17)28-16-22(26)25-13-7-2-3-8-14-25/h4-6,9-12,15H,2-3,7-8,13-14,16H2,1H3. The predicted octanol–water partition coefficient (Wildman–Crippen LogP) is 4.68. The van der Waals surface area contributed by atoms with Crippen LogP contribution < -0.4 is 14.9 Å². The van der Waals surface area contributed by atoms with Crippen molar-refractivity contribution in [3.8, 4) is 17.2 Å². The van der Waals surface area contributed by atoms with Gasteiger partial charge < -0.3 is 18.8 Å². The van der Waals surface area contributed by atoms with Gasteiger partial charge in [-0.05, 0) is 44.0 Å². The lowest BCUT2D eigenvalue weighted by Gasteiger charge is -2.20. The Morgan fingerprint density at radius 1 is 1.00 bits per heavy atom. The van der Waals surface area contributed by atoms with Crippen LogP contribution in [0.5, 0.6) is 17.2 Å². The molecule has 1 fully saturated rings. The fraction of sp³-hybridized carbons (Fsp3) is 0.333. The van der Waals surface area contributed by atoms with Crippen LogP contribution in [0.2, 0.25) is 0 Å². The Bertz CT molecular complexity index is 1080. The highest BCUT2D eigenvalue weighted by atomic mass is 16.5. The molecular weight excluding hydrogens is 382 g/mol. The first-order valence-corrected chi connectivity index (χ1v) is 10.3. The largest absolute Gasteiger partial charge is 0.484 e. The molecule has 1 aliphatic rings. The van der Waals surface area contributed by atoms with Crippen molar-refractivity contribution in [2.75, 3.05) is 19.7 Å². The summed E-state index contributed by atoms with van der Waals surface area (Å²) in [6, 6.07) is 14.1. The molecule has 6 nitrogen and oxygen atoms in total. The van der Waals surface area contributed by atoms with Gasteiger partial charge in [0.15, 0.2) is 6.61 Å². The summed E-state index contributed by atoms with van der Waals surface area (Å²) in [5.41, 5.74) is 0.155. The van der Waals surface area contributed by atoms with Crippen molar-refractivity contribution < 1.29 is 18.7 Å². The number of hydrogen-bond donors (Lipinski definition) is 0. The Hall–Kier alpha value is -3.28. The van der Waals surface area contributed by atoms with E-state index in [-0.39, 0.29) is 23.7 Å². The fourth-order valence-corrected chi connectivity index (χ4v) is 3.64. The molecule has 0 aliphatic carbocycles. The second-order valence-corrected chi connectivity index (χ2v) is 7.47. The smallest absolute Gasteiger partial charge is 0.260 e. The third kappa shape index (κ3) is 4.48. The molecule has 6 heteroatoms. The number of benzene rings is 2. The average molecular weight is 407 g/mol. The van der Waals surface area contributed by atoms with Gasteiger partial charge in [-0.3, -0.25) is 9.59 Å². The molecular formula is C24H25NO5. The number of para-hydroxylation sites is 1. The van der Waals surface area contributed by atoms with Crippen molar-refractivity contribution in [1.82, 2.24) is 4.90 Å². The summed E-state index contributed by atoms with van der Waals surface area (Å²) in [6.07, 6.45) is 4.42. The van der Waals surface area contributed by atoms with Crippen molar-refractivity contribution in [2.24, 2.45) is 0 Å². The zero-order valence-electron chi connectivity index (χ0n) is 17.1. The van der Waals surface area contributed by atoms with Crippen molar-refractivity contribution in [1.29, 1.82) is 0 Å². The topological polar surface area (TPSA) is 69.0 Å². The molecule has 4 rings (SSSR count). The van der Waals surface area contributed by atoms with Crippen LogP contribution in [0.15, 0.2) is 57.7 Å². The minimum absolute atomic E-state index is 0.0127. The predicted molar refractivity (Wildman–Crippen MR) is 114 cm³/mol. The second-order valence-electron chi connectivity index (χ2n) is 7.47. The third-order valence-corrected chi connectivity index (χ3v) is 5.27. The number of ether oxygens (including phenoxy) is 2. The molecule has 1 amide bonds. The molecule has 0 unspecified atom stereocenters. The minimum atomic E-state index is -0.246. The number of carbonyl (C=O) groups is 1.